The molecule has 0 bridgehead atoms. The number of hydrogen-bond donors (Lipinski definition) is 1. The fraction of sp³-hybridized carbons (Fsp3) is 0.294. The Kier molecular flexibility index (Phi) is 3.67. The molecule has 3 heterocycles. The number of fused-ring (bicyclic) bond motifs is 3. The minimum atomic E-state index is -4.02. The standard InChI is InChI=1S/C17H18N4O4S/c1-19-10-15(16(22)20(2)17(19)23)26(24,25)21-8-7-14-12(9-21)11-5-3-4-6-13(11)18-14/h3-6,10,18H,7-9H2,1-2H3. The number of para-hydroxylation sites is 1. The summed E-state index contributed by atoms with van der Waals surface area (Å²) in [5.41, 5.74) is 1.54. The first-order valence-corrected chi connectivity index (χ1v) is 9.60. The lowest BCUT2D eigenvalue weighted by atomic mass is 10.1. The van der Waals surface area contributed by atoms with E-state index in [1.807, 2.05) is 24.3 Å². The number of H-pyrrole nitrogens is 1. The summed E-state index contributed by atoms with van der Waals surface area (Å²) >= 11 is 0. The summed E-state index contributed by atoms with van der Waals surface area (Å²) in [6.07, 6.45) is 1.64. The van der Waals surface area contributed by atoms with E-state index in [0.29, 0.717) is 6.42 Å². The number of hydrogen-bond acceptors (Lipinski definition) is 4. The third kappa shape index (κ3) is 2.35. The molecule has 0 saturated carbocycles. The summed E-state index contributed by atoms with van der Waals surface area (Å²) in [5.74, 6) is 0. The van der Waals surface area contributed by atoms with Gasteiger partial charge in [-0.05, 0) is 11.6 Å². The molecule has 0 amide bonds. The molecule has 4 rings (SSSR count). The van der Waals surface area contributed by atoms with Gasteiger partial charge in [-0.25, -0.2) is 13.2 Å². The van der Waals surface area contributed by atoms with Crippen LogP contribution in [-0.2, 0) is 37.1 Å². The predicted molar refractivity (Wildman–Crippen MR) is 96.5 cm³/mol. The van der Waals surface area contributed by atoms with Gasteiger partial charge in [-0.3, -0.25) is 9.36 Å². The highest BCUT2D eigenvalue weighted by Gasteiger charge is 2.33. The van der Waals surface area contributed by atoms with Crippen LogP contribution < -0.4 is 11.2 Å². The Labute approximate surface area is 149 Å². The maximum atomic E-state index is 13.1. The molecule has 0 saturated heterocycles. The largest absolute Gasteiger partial charge is 0.358 e. The van der Waals surface area contributed by atoms with Crippen molar-refractivity contribution in [2.45, 2.75) is 17.9 Å². The molecule has 8 nitrogen and oxygen atoms in total. The number of rotatable bonds is 2. The van der Waals surface area contributed by atoms with Crippen molar-refractivity contribution in [2.75, 3.05) is 6.54 Å². The highest BCUT2D eigenvalue weighted by molar-refractivity contribution is 7.89. The highest BCUT2D eigenvalue weighted by Crippen LogP contribution is 2.29. The zero-order chi connectivity index (χ0) is 18.6. The minimum absolute atomic E-state index is 0.188. The Morgan fingerprint density at radius 2 is 1.85 bits per heavy atom. The van der Waals surface area contributed by atoms with E-state index < -0.39 is 21.3 Å². The van der Waals surface area contributed by atoms with Gasteiger partial charge in [-0.1, -0.05) is 18.2 Å². The van der Waals surface area contributed by atoms with Crippen molar-refractivity contribution in [3.05, 3.63) is 62.6 Å². The molecule has 26 heavy (non-hydrogen) atoms. The maximum Gasteiger partial charge on any atom is 0.330 e. The quantitative estimate of drug-likeness (QED) is 0.698. The first-order chi connectivity index (χ1) is 12.3. The van der Waals surface area contributed by atoms with Crippen LogP contribution in [-0.4, -0.2) is 33.4 Å². The second-order valence-corrected chi connectivity index (χ2v) is 8.37. The Hall–Kier alpha value is -2.65. The number of aromatic amines is 1. The molecule has 1 N–H and O–H groups in total. The van der Waals surface area contributed by atoms with E-state index in [1.165, 1.54) is 18.4 Å². The molecule has 0 radical (unpaired) electrons. The van der Waals surface area contributed by atoms with E-state index in [2.05, 4.69) is 4.98 Å². The smallest absolute Gasteiger partial charge is 0.330 e. The van der Waals surface area contributed by atoms with Crippen molar-refractivity contribution in [1.29, 1.82) is 0 Å². The fourth-order valence-corrected chi connectivity index (χ4v) is 5.00. The van der Waals surface area contributed by atoms with Crippen molar-refractivity contribution in [3.63, 3.8) is 0 Å². The summed E-state index contributed by atoms with van der Waals surface area (Å²) < 4.78 is 29.4. The summed E-state index contributed by atoms with van der Waals surface area (Å²) in [5, 5.41) is 0.982. The Morgan fingerprint density at radius 1 is 1.12 bits per heavy atom. The molecule has 1 aliphatic heterocycles. The van der Waals surface area contributed by atoms with Crippen LogP contribution in [0, 0.1) is 0 Å². The van der Waals surface area contributed by atoms with E-state index in [1.54, 1.807) is 0 Å². The van der Waals surface area contributed by atoms with Crippen LogP contribution in [0.4, 0.5) is 0 Å². The van der Waals surface area contributed by atoms with Crippen LogP contribution >= 0.6 is 0 Å². The lowest BCUT2D eigenvalue weighted by molar-refractivity contribution is 0.389. The monoisotopic (exact) mass is 374 g/mol. The van der Waals surface area contributed by atoms with Crippen molar-refractivity contribution in [2.24, 2.45) is 14.1 Å². The number of aryl methyl sites for hydroxylation is 1. The zero-order valence-corrected chi connectivity index (χ0v) is 15.2. The molecule has 3 aromatic rings. The molecule has 1 aromatic carbocycles. The lowest BCUT2D eigenvalue weighted by Crippen LogP contribution is -2.43. The zero-order valence-electron chi connectivity index (χ0n) is 14.4. The van der Waals surface area contributed by atoms with E-state index in [9.17, 15) is 18.0 Å². The average molecular weight is 374 g/mol. The second kappa shape index (κ2) is 5.68. The topological polar surface area (TPSA) is 97.2 Å². The van der Waals surface area contributed by atoms with E-state index >= 15 is 0 Å². The van der Waals surface area contributed by atoms with Crippen LogP contribution in [0.3, 0.4) is 0 Å². The predicted octanol–water partition coefficient (Wildman–Crippen LogP) is 0.312. The lowest BCUT2D eigenvalue weighted by Gasteiger charge is -2.26. The van der Waals surface area contributed by atoms with Crippen LogP contribution in [0.5, 0.6) is 0 Å². The summed E-state index contributed by atoms with van der Waals surface area (Å²) in [4.78, 5) is 27.2. The van der Waals surface area contributed by atoms with Gasteiger partial charge in [0.05, 0.1) is 0 Å². The van der Waals surface area contributed by atoms with Crippen molar-refractivity contribution >= 4 is 20.9 Å². The molecule has 0 atom stereocenters. The normalized spacial score (nSPS) is 15.3. The Balaban J connectivity index is 1.82. The van der Waals surface area contributed by atoms with Gasteiger partial charge in [-0.15, -0.1) is 0 Å². The Bertz CT molecular complexity index is 1250. The SMILES string of the molecule is Cn1cc(S(=O)(=O)N2CCc3[nH]c4ccccc4c3C2)c(=O)n(C)c1=O. The molecule has 0 fully saturated rings. The average Bonchev–Trinajstić information content (AvgIpc) is 3.00. The fourth-order valence-electron chi connectivity index (χ4n) is 3.44. The molecule has 2 aromatic heterocycles. The molecular weight excluding hydrogens is 356 g/mol. The molecule has 0 aliphatic carbocycles. The molecular formula is C17H18N4O4S. The van der Waals surface area contributed by atoms with Crippen molar-refractivity contribution in [3.8, 4) is 0 Å². The van der Waals surface area contributed by atoms with Crippen LogP contribution in [0.2, 0.25) is 0 Å². The molecule has 9 heteroatoms. The summed E-state index contributed by atoms with van der Waals surface area (Å²) in [6.45, 7) is 0.460. The number of nitrogens with one attached hydrogen (secondary N) is 1. The van der Waals surface area contributed by atoms with Crippen molar-refractivity contribution in [1.82, 2.24) is 18.4 Å². The Morgan fingerprint density at radius 3 is 2.62 bits per heavy atom. The summed E-state index contributed by atoms with van der Waals surface area (Å²) in [6, 6.07) is 7.74. The van der Waals surface area contributed by atoms with E-state index in [4.69, 9.17) is 0 Å². The first-order valence-electron chi connectivity index (χ1n) is 8.16. The summed E-state index contributed by atoms with van der Waals surface area (Å²) in [7, 11) is -1.32. The third-order valence-electron chi connectivity index (χ3n) is 4.88. The van der Waals surface area contributed by atoms with Crippen LogP contribution in [0.15, 0.2) is 44.9 Å². The van der Waals surface area contributed by atoms with Crippen LogP contribution in [0.1, 0.15) is 11.3 Å². The first kappa shape index (κ1) is 16.8. The number of benzene rings is 1. The van der Waals surface area contributed by atoms with Gasteiger partial charge in [0, 0.05) is 56.4 Å². The highest BCUT2D eigenvalue weighted by atomic mass is 32.2. The van der Waals surface area contributed by atoms with Gasteiger partial charge in [0.25, 0.3) is 5.56 Å². The second-order valence-electron chi connectivity index (χ2n) is 6.47. The third-order valence-corrected chi connectivity index (χ3v) is 6.71. The molecule has 0 unspecified atom stereocenters. The number of aromatic nitrogens is 3. The van der Waals surface area contributed by atoms with E-state index in [0.717, 1.165) is 37.5 Å². The molecule has 136 valence electrons. The van der Waals surface area contributed by atoms with Gasteiger partial charge in [0.2, 0.25) is 10.0 Å². The van der Waals surface area contributed by atoms with Crippen molar-refractivity contribution < 1.29 is 8.42 Å². The minimum Gasteiger partial charge on any atom is -0.358 e. The van der Waals surface area contributed by atoms with Gasteiger partial charge in [0.1, 0.15) is 0 Å². The number of sulfonamides is 1. The van der Waals surface area contributed by atoms with Gasteiger partial charge >= 0.3 is 5.69 Å². The van der Waals surface area contributed by atoms with E-state index in [-0.39, 0.29) is 18.0 Å². The van der Waals surface area contributed by atoms with Gasteiger partial charge in [0.15, 0.2) is 4.90 Å². The van der Waals surface area contributed by atoms with Gasteiger partial charge in [-0.2, -0.15) is 4.31 Å². The van der Waals surface area contributed by atoms with Gasteiger partial charge < -0.3 is 9.55 Å². The molecule has 0 spiro atoms. The molecule has 1 aliphatic rings. The number of nitrogens with zero attached hydrogens (tertiary/aromatic N) is 3. The maximum absolute atomic E-state index is 13.1. The van der Waals surface area contributed by atoms with Crippen LogP contribution in [0.25, 0.3) is 10.9 Å².